The summed E-state index contributed by atoms with van der Waals surface area (Å²) in [6.45, 7) is 11.2. The van der Waals surface area contributed by atoms with Crippen molar-refractivity contribution < 1.29 is 4.74 Å². The third-order valence-electron chi connectivity index (χ3n) is 4.64. The first-order valence-corrected chi connectivity index (χ1v) is 10.9. The quantitative estimate of drug-likeness (QED) is 0.313. The van der Waals surface area contributed by atoms with Crippen molar-refractivity contribution in [2.24, 2.45) is 4.99 Å². The number of morpholine rings is 1. The third kappa shape index (κ3) is 8.57. The number of halogens is 1. The lowest BCUT2D eigenvalue weighted by atomic mass is 10.1. The van der Waals surface area contributed by atoms with Crippen molar-refractivity contribution in [1.82, 2.24) is 20.5 Å². The van der Waals surface area contributed by atoms with E-state index in [1.54, 1.807) is 11.3 Å². The van der Waals surface area contributed by atoms with E-state index in [1.807, 2.05) is 6.92 Å². The lowest BCUT2D eigenvalue weighted by Crippen LogP contribution is -2.38. The van der Waals surface area contributed by atoms with Gasteiger partial charge in [-0.1, -0.05) is 24.3 Å². The minimum Gasteiger partial charge on any atom is -0.379 e. The fourth-order valence-corrected chi connectivity index (χ4v) is 3.76. The molecule has 1 aliphatic heterocycles. The van der Waals surface area contributed by atoms with Crippen LogP contribution >= 0.6 is 35.3 Å². The normalized spacial score (nSPS) is 15.0. The van der Waals surface area contributed by atoms with Crippen molar-refractivity contribution in [3.8, 4) is 0 Å². The zero-order valence-electron chi connectivity index (χ0n) is 17.3. The van der Waals surface area contributed by atoms with Crippen molar-refractivity contribution in [3.05, 3.63) is 51.5 Å². The Morgan fingerprint density at radius 2 is 1.90 bits per heavy atom. The van der Waals surface area contributed by atoms with Gasteiger partial charge in [-0.15, -0.1) is 35.3 Å². The second-order valence-electron chi connectivity index (χ2n) is 6.93. The summed E-state index contributed by atoms with van der Waals surface area (Å²) in [5.41, 5.74) is 3.71. The van der Waals surface area contributed by atoms with Crippen LogP contribution in [0.5, 0.6) is 0 Å². The molecule has 3 rings (SSSR count). The molecule has 1 aromatic heterocycles. The average Bonchev–Trinajstić information content (AvgIpc) is 3.13. The van der Waals surface area contributed by atoms with Gasteiger partial charge in [0, 0.05) is 44.5 Å². The smallest absolute Gasteiger partial charge is 0.191 e. The predicted octanol–water partition coefficient (Wildman–Crippen LogP) is 3.20. The molecule has 0 unspecified atom stereocenters. The van der Waals surface area contributed by atoms with E-state index in [1.165, 1.54) is 11.1 Å². The summed E-state index contributed by atoms with van der Waals surface area (Å²) in [5, 5.41) is 9.95. The van der Waals surface area contributed by atoms with E-state index >= 15 is 0 Å². The largest absolute Gasteiger partial charge is 0.379 e. The number of ether oxygens (including phenoxy) is 1. The zero-order valence-corrected chi connectivity index (χ0v) is 20.5. The molecule has 0 spiro atoms. The Bertz CT molecular complexity index is 744. The van der Waals surface area contributed by atoms with Crippen LogP contribution in [0.1, 0.15) is 28.8 Å². The minimum atomic E-state index is 0. The highest BCUT2D eigenvalue weighted by Gasteiger charge is 2.10. The standard InChI is InChI=1S/C21H31N5OS.HI/c1-3-22-21(23-9-8-20-16-28-17(2)25-20)24-14-18-4-6-19(7-5-18)15-26-10-12-27-13-11-26;/h4-7,16H,3,8-15H2,1-2H3,(H2,22,23,24);1H. The van der Waals surface area contributed by atoms with Crippen LogP contribution in [0.3, 0.4) is 0 Å². The second-order valence-corrected chi connectivity index (χ2v) is 8.00. The van der Waals surface area contributed by atoms with Gasteiger partial charge in [-0.3, -0.25) is 4.90 Å². The molecule has 2 N–H and O–H groups in total. The molecule has 1 fully saturated rings. The molecule has 160 valence electrons. The number of nitrogens with one attached hydrogen (secondary N) is 2. The van der Waals surface area contributed by atoms with E-state index in [2.05, 4.69) is 57.1 Å². The third-order valence-corrected chi connectivity index (χ3v) is 5.46. The molecule has 1 saturated heterocycles. The summed E-state index contributed by atoms with van der Waals surface area (Å²) in [6.07, 6.45) is 0.908. The lowest BCUT2D eigenvalue weighted by molar-refractivity contribution is 0.0342. The van der Waals surface area contributed by atoms with Crippen LogP contribution in [0.2, 0.25) is 0 Å². The molecule has 8 heteroatoms. The molecule has 1 aliphatic rings. The van der Waals surface area contributed by atoms with Gasteiger partial charge in [0.2, 0.25) is 0 Å². The molecule has 0 atom stereocenters. The number of guanidine groups is 1. The summed E-state index contributed by atoms with van der Waals surface area (Å²) in [5.74, 6) is 0.854. The Labute approximate surface area is 195 Å². The monoisotopic (exact) mass is 529 g/mol. The van der Waals surface area contributed by atoms with Crippen molar-refractivity contribution in [2.45, 2.75) is 33.4 Å². The van der Waals surface area contributed by atoms with Crippen LogP contribution < -0.4 is 10.6 Å². The number of hydrogen-bond acceptors (Lipinski definition) is 5. The number of nitrogens with zero attached hydrogens (tertiary/aromatic N) is 3. The van der Waals surface area contributed by atoms with Gasteiger partial charge in [0.05, 0.1) is 30.5 Å². The van der Waals surface area contributed by atoms with Gasteiger partial charge < -0.3 is 15.4 Å². The molecule has 1 aromatic carbocycles. The van der Waals surface area contributed by atoms with Crippen LogP contribution in [-0.4, -0.2) is 55.2 Å². The van der Waals surface area contributed by atoms with Crippen LogP contribution in [0.25, 0.3) is 0 Å². The number of rotatable bonds is 8. The first kappa shape index (κ1) is 24.0. The van der Waals surface area contributed by atoms with Gasteiger partial charge in [0.15, 0.2) is 5.96 Å². The highest BCUT2D eigenvalue weighted by Crippen LogP contribution is 2.10. The number of aromatic nitrogens is 1. The van der Waals surface area contributed by atoms with Crippen LogP contribution in [0, 0.1) is 6.92 Å². The molecule has 2 aromatic rings. The van der Waals surface area contributed by atoms with E-state index in [0.29, 0.717) is 6.54 Å². The Balaban J connectivity index is 0.00000300. The van der Waals surface area contributed by atoms with Gasteiger partial charge in [-0.25, -0.2) is 9.98 Å². The molecule has 0 radical (unpaired) electrons. The second kappa shape index (κ2) is 13.1. The highest BCUT2D eigenvalue weighted by molar-refractivity contribution is 14.0. The maximum absolute atomic E-state index is 5.41. The van der Waals surface area contributed by atoms with Gasteiger partial charge in [-0.2, -0.15) is 0 Å². The van der Waals surface area contributed by atoms with Crippen molar-refractivity contribution in [1.29, 1.82) is 0 Å². The Hall–Kier alpha value is -1.23. The van der Waals surface area contributed by atoms with Crippen LogP contribution in [0.15, 0.2) is 34.6 Å². The summed E-state index contributed by atoms with van der Waals surface area (Å²) in [7, 11) is 0. The van der Waals surface area contributed by atoms with Crippen LogP contribution in [-0.2, 0) is 24.2 Å². The van der Waals surface area contributed by atoms with Crippen molar-refractivity contribution in [3.63, 3.8) is 0 Å². The van der Waals surface area contributed by atoms with Crippen molar-refractivity contribution >= 4 is 41.3 Å². The number of benzene rings is 1. The number of aliphatic imine (C=N–C) groups is 1. The van der Waals surface area contributed by atoms with Crippen LogP contribution in [0.4, 0.5) is 0 Å². The highest BCUT2D eigenvalue weighted by atomic mass is 127. The molecule has 29 heavy (non-hydrogen) atoms. The van der Waals surface area contributed by atoms with E-state index in [-0.39, 0.29) is 24.0 Å². The fraction of sp³-hybridized carbons (Fsp3) is 0.524. The molecule has 2 heterocycles. The minimum absolute atomic E-state index is 0. The summed E-state index contributed by atoms with van der Waals surface area (Å²) >= 11 is 1.70. The summed E-state index contributed by atoms with van der Waals surface area (Å²) < 4.78 is 5.41. The van der Waals surface area contributed by atoms with E-state index < -0.39 is 0 Å². The molecule has 0 aliphatic carbocycles. The van der Waals surface area contributed by atoms with Gasteiger partial charge in [-0.05, 0) is 25.0 Å². The number of thiazole rings is 1. The predicted molar refractivity (Wildman–Crippen MR) is 131 cm³/mol. The molecule has 6 nitrogen and oxygen atoms in total. The molecule has 0 amide bonds. The lowest BCUT2D eigenvalue weighted by Gasteiger charge is -2.26. The van der Waals surface area contributed by atoms with E-state index in [0.717, 1.165) is 69.0 Å². The van der Waals surface area contributed by atoms with E-state index in [9.17, 15) is 0 Å². The average molecular weight is 529 g/mol. The molecular formula is C21H32IN5OS. The Morgan fingerprint density at radius 1 is 1.17 bits per heavy atom. The van der Waals surface area contributed by atoms with Gasteiger partial charge in [0.25, 0.3) is 0 Å². The summed E-state index contributed by atoms with van der Waals surface area (Å²) in [4.78, 5) is 11.7. The Kier molecular flexibility index (Phi) is 10.9. The van der Waals surface area contributed by atoms with Crippen molar-refractivity contribution in [2.75, 3.05) is 39.4 Å². The molecule has 0 saturated carbocycles. The first-order chi connectivity index (χ1) is 13.7. The Morgan fingerprint density at radius 3 is 2.55 bits per heavy atom. The fourth-order valence-electron chi connectivity index (χ4n) is 3.11. The van der Waals surface area contributed by atoms with Gasteiger partial charge >= 0.3 is 0 Å². The molecular weight excluding hydrogens is 497 g/mol. The maximum atomic E-state index is 5.41. The van der Waals surface area contributed by atoms with Gasteiger partial charge in [0.1, 0.15) is 0 Å². The summed E-state index contributed by atoms with van der Waals surface area (Å²) in [6, 6.07) is 8.79. The zero-order chi connectivity index (χ0) is 19.6. The molecule has 0 bridgehead atoms. The SMILES string of the molecule is CCNC(=NCc1ccc(CN2CCOCC2)cc1)NCCc1csc(C)n1.I. The van der Waals surface area contributed by atoms with E-state index in [4.69, 9.17) is 9.73 Å². The topological polar surface area (TPSA) is 61.8 Å². The number of aryl methyl sites for hydroxylation is 1. The number of hydrogen-bond donors (Lipinski definition) is 2. The first-order valence-electron chi connectivity index (χ1n) is 10.0. The maximum Gasteiger partial charge on any atom is 0.191 e.